The van der Waals surface area contributed by atoms with Gasteiger partial charge in [0, 0.05) is 22.8 Å². The van der Waals surface area contributed by atoms with Crippen LogP contribution in [0.4, 0.5) is 11.5 Å². The van der Waals surface area contributed by atoms with E-state index in [1.807, 2.05) is 0 Å². The number of anilines is 2. The number of hydrogen-bond donors (Lipinski definition) is 3. The molecule has 0 aliphatic rings. The molecule has 0 aliphatic carbocycles. The summed E-state index contributed by atoms with van der Waals surface area (Å²) >= 11 is 5.92. The molecule has 0 saturated heterocycles. The second kappa shape index (κ2) is 9.41. The molecule has 0 bridgehead atoms. The van der Waals surface area contributed by atoms with E-state index < -0.39 is 17.2 Å². The van der Waals surface area contributed by atoms with Crippen LogP contribution in [0.25, 0.3) is 0 Å². The topological polar surface area (TPSA) is 126 Å². The molecule has 0 unspecified atom stereocenters. The molecule has 0 saturated carbocycles. The Morgan fingerprint density at radius 3 is 2.48 bits per heavy atom. The van der Waals surface area contributed by atoms with Gasteiger partial charge in [-0.15, -0.1) is 0 Å². The first kappa shape index (κ1) is 21.8. The number of ether oxygens (including phenoxy) is 1. The summed E-state index contributed by atoms with van der Waals surface area (Å²) in [6, 6.07) is 19.4. The standard InChI is InChI=1S/C23H17ClN4O5/c24-15-6-4-14(5-7-15)13-28-19(12-20(29)27-23(28)32)25-16-8-10-17(11-9-16)33-21-3-1-2-18(26-21)22(30)31/h1-12,25H,13H2,(H,30,31)(H,27,29,32). The van der Waals surface area contributed by atoms with Crippen LogP contribution in [0.15, 0.2) is 82.4 Å². The Morgan fingerprint density at radius 1 is 1.06 bits per heavy atom. The summed E-state index contributed by atoms with van der Waals surface area (Å²) in [4.78, 5) is 41.5. The second-order valence-corrected chi connectivity index (χ2v) is 7.39. The smallest absolute Gasteiger partial charge is 0.354 e. The lowest BCUT2D eigenvalue weighted by Crippen LogP contribution is -2.31. The number of carbonyl (C=O) groups is 1. The monoisotopic (exact) mass is 464 g/mol. The summed E-state index contributed by atoms with van der Waals surface area (Å²) in [7, 11) is 0. The van der Waals surface area contributed by atoms with Gasteiger partial charge < -0.3 is 15.2 Å². The van der Waals surface area contributed by atoms with Crippen LogP contribution in [0.3, 0.4) is 0 Å². The van der Waals surface area contributed by atoms with Crippen molar-refractivity contribution in [2.24, 2.45) is 0 Å². The van der Waals surface area contributed by atoms with Crippen molar-refractivity contribution in [2.45, 2.75) is 6.54 Å². The maximum absolute atomic E-state index is 12.4. The fraction of sp³-hybridized carbons (Fsp3) is 0.0435. The van der Waals surface area contributed by atoms with Gasteiger partial charge in [0.2, 0.25) is 5.88 Å². The number of H-pyrrole nitrogens is 1. The normalized spacial score (nSPS) is 10.6. The van der Waals surface area contributed by atoms with Crippen molar-refractivity contribution in [2.75, 3.05) is 5.32 Å². The molecule has 0 fully saturated rings. The van der Waals surface area contributed by atoms with E-state index >= 15 is 0 Å². The Balaban J connectivity index is 1.55. The van der Waals surface area contributed by atoms with Crippen molar-refractivity contribution >= 4 is 29.1 Å². The van der Waals surface area contributed by atoms with E-state index in [9.17, 15) is 14.4 Å². The van der Waals surface area contributed by atoms with Gasteiger partial charge in [-0.25, -0.2) is 14.6 Å². The zero-order valence-corrected chi connectivity index (χ0v) is 17.7. The molecule has 2 aromatic heterocycles. The van der Waals surface area contributed by atoms with Gasteiger partial charge in [0.25, 0.3) is 5.56 Å². The van der Waals surface area contributed by atoms with Gasteiger partial charge in [0.1, 0.15) is 11.6 Å². The lowest BCUT2D eigenvalue weighted by molar-refractivity contribution is 0.0689. The maximum Gasteiger partial charge on any atom is 0.354 e. The average Bonchev–Trinajstić information content (AvgIpc) is 2.79. The van der Waals surface area contributed by atoms with Crippen molar-refractivity contribution in [3.05, 3.63) is 110 Å². The lowest BCUT2D eigenvalue weighted by atomic mass is 10.2. The van der Waals surface area contributed by atoms with Crippen LogP contribution < -0.4 is 21.3 Å². The van der Waals surface area contributed by atoms with Gasteiger partial charge in [0.15, 0.2) is 5.69 Å². The first-order valence-corrected chi connectivity index (χ1v) is 10.1. The summed E-state index contributed by atoms with van der Waals surface area (Å²) in [5.41, 5.74) is 0.225. The Morgan fingerprint density at radius 2 is 1.79 bits per heavy atom. The molecule has 166 valence electrons. The first-order chi connectivity index (χ1) is 15.9. The quantitative estimate of drug-likeness (QED) is 0.379. The van der Waals surface area contributed by atoms with Crippen molar-refractivity contribution in [3.8, 4) is 11.6 Å². The van der Waals surface area contributed by atoms with Crippen LogP contribution >= 0.6 is 11.6 Å². The Bertz CT molecular complexity index is 1410. The highest BCUT2D eigenvalue weighted by molar-refractivity contribution is 6.30. The number of nitrogens with zero attached hydrogens (tertiary/aromatic N) is 2. The number of aromatic carboxylic acids is 1. The van der Waals surface area contributed by atoms with E-state index in [4.69, 9.17) is 21.4 Å². The molecule has 10 heteroatoms. The minimum absolute atomic E-state index is 0.126. The predicted molar refractivity (Wildman–Crippen MR) is 123 cm³/mol. The number of pyridine rings is 1. The number of aromatic nitrogens is 3. The molecule has 4 aromatic rings. The fourth-order valence-corrected chi connectivity index (χ4v) is 3.15. The molecule has 0 atom stereocenters. The second-order valence-electron chi connectivity index (χ2n) is 6.95. The highest BCUT2D eigenvalue weighted by atomic mass is 35.5. The van der Waals surface area contributed by atoms with Gasteiger partial charge in [-0.05, 0) is 48.0 Å². The number of carboxylic acid groups (broad SMARTS) is 1. The number of aromatic amines is 1. The SMILES string of the molecule is O=C(O)c1cccc(Oc2ccc(Nc3cc(=O)[nH]c(=O)n3Cc3ccc(Cl)cc3)cc2)n1. The molecule has 0 spiro atoms. The molecular weight excluding hydrogens is 448 g/mol. The third-order valence-electron chi connectivity index (χ3n) is 4.58. The fourth-order valence-electron chi connectivity index (χ4n) is 3.02. The molecule has 9 nitrogen and oxygen atoms in total. The van der Waals surface area contributed by atoms with Crippen molar-refractivity contribution in [1.82, 2.24) is 14.5 Å². The van der Waals surface area contributed by atoms with E-state index in [0.29, 0.717) is 22.3 Å². The van der Waals surface area contributed by atoms with Crippen LogP contribution in [0, 0.1) is 0 Å². The molecule has 2 heterocycles. The third kappa shape index (κ3) is 5.46. The minimum atomic E-state index is -1.15. The van der Waals surface area contributed by atoms with E-state index in [-0.39, 0.29) is 18.1 Å². The Kier molecular flexibility index (Phi) is 6.23. The van der Waals surface area contributed by atoms with Crippen molar-refractivity contribution < 1.29 is 14.6 Å². The van der Waals surface area contributed by atoms with E-state index in [2.05, 4.69) is 15.3 Å². The van der Waals surface area contributed by atoms with Gasteiger partial charge in [-0.3, -0.25) is 14.3 Å². The van der Waals surface area contributed by atoms with Gasteiger partial charge >= 0.3 is 11.7 Å². The predicted octanol–water partition coefficient (Wildman–Crippen LogP) is 3.87. The van der Waals surface area contributed by atoms with E-state index in [0.717, 1.165) is 5.56 Å². The number of carboxylic acids is 1. The minimum Gasteiger partial charge on any atom is -0.477 e. The highest BCUT2D eigenvalue weighted by Crippen LogP contribution is 2.23. The summed E-state index contributed by atoms with van der Waals surface area (Å²) in [6.45, 7) is 0.224. The molecule has 0 amide bonds. The number of benzene rings is 2. The molecular formula is C23H17ClN4O5. The summed E-state index contributed by atoms with van der Waals surface area (Å²) < 4.78 is 7.00. The molecule has 0 aliphatic heterocycles. The van der Waals surface area contributed by atoms with Crippen LogP contribution in [-0.2, 0) is 6.54 Å². The molecule has 3 N–H and O–H groups in total. The summed E-state index contributed by atoms with van der Waals surface area (Å²) in [5.74, 6) is -0.271. The summed E-state index contributed by atoms with van der Waals surface area (Å²) in [6.07, 6.45) is 0. The highest BCUT2D eigenvalue weighted by Gasteiger charge is 2.09. The maximum atomic E-state index is 12.4. The van der Waals surface area contributed by atoms with Crippen LogP contribution in [0.1, 0.15) is 16.1 Å². The molecule has 2 aromatic carbocycles. The first-order valence-electron chi connectivity index (χ1n) is 9.71. The van der Waals surface area contributed by atoms with Crippen LogP contribution in [0.2, 0.25) is 5.02 Å². The summed E-state index contributed by atoms with van der Waals surface area (Å²) in [5, 5.41) is 12.7. The molecule has 4 rings (SSSR count). The number of rotatable bonds is 7. The lowest BCUT2D eigenvalue weighted by Gasteiger charge is -2.14. The van der Waals surface area contributed by atoms with Gasteiger partial charge in [0.05, 0.1) is 6.54 Å². The van der Waals surface area contributed by atoms with E-state index in [1.54, 1.807) is 54.6 Å². The molecule has 0 radical (unpaired) electrons. The zero-order valence-electron chi connectivity index (χ0n) is 17.0. The van der Waals surface area contributed by atoms with Crippen LogP contribution in [0.5, 0.6) is 11.6 Å². The Hall–Kier alpha value is -4.37. The number of nitrogens with one attached hydrogen (secondary N) is 2. The van der Waals surface area contributed by atoms with Gasteiger partial charge in [-0.2, -0.15) is 0 Å². The Labute approximate surface area is 191 Å². The zero-order chi connectivity index (χ0) is 23.4. The van der Waals surface area contributed by atoms with Gasteiger partial charge in [-0.1, -0.05) is 29.8 Å². The van der Waals surface area contributed by atoms with E-state index in [1.165, 1.54) is 22.8 Å². The van der Waals surface area contributed by atoms with Crippen molar-refractivity contribution in [1.29, 1.82) is 0 Å². The third-order valence-corrected chi connectivity index (χ3v) is 4.83. The van der Waals surface area contributed by atoms with Crippen molar-refractivity contribution in [3.63, 3.8) is 0 Å². The van der Waals surface area contributed by atoms with Crippen LogP contribution in [-0.4, -0.2) is 25.6 Å². The average molecular weight is 465 g/mol. The molecule has 33 heavy (non-hydrogen) atoms. The largest absolute Gasteiger partial charge is 0.477 e. The number of halogens is 1. The number of hydrogen-bond acceptors (Lipinski definition) is 6.